The molecule has 2 heterocycles. The molecule has 16 heteroatoms. The first-order valence-electron chi connectivity index (χ1n) is 19.7. The Morgan fingerprint density at radius 2 is 1.25 bits per heavy atom. The number of hydrogen-bond acceptors (Lipinski definition) is 11. The maximum Gasteiger partial charge on any atom is 0.338 e. The zero-order chi connectivity index (χ0) is 43.5. The van der Waals surface area contributed by atoms with Crippen molar-refractivity contribution in [1.82, 2.24) is 14.1 Å². The Hall–Kier alpha value is -6.91. The molecule has 0 radical (unpaired) electrons. The third-order valence-corrected chi connectivity index (χ3v) is 11.6. The summed E-state index contributed by atoms with van der Waals surface area (Å²) >= 11 is 0. The fourth-order valence-electron chi connectivity index (χ4n) is 6.57. The molecule has 0 aliphatic carbocycles. The largest absolute Gasteiger partial charge is 0.466 e. The molecule has 2 amide bonds. The van der Waals surface area contributed by atoms with E-state index in [1.807, 2.05) is 30.3 Å². The number of ether oxygens (including phenoxy) is 3. The molecule has 1 aliphatic rings. The Kier molecular flexibility index (Phi) is 14.2. The fourth-order valence-corrected chi connectivity index (χ4v) is 8.09. The lowest BCUT2D eigenvalue weighted by Crippen LogP contribution is -2.40. The number of benzene rings is 4. The van der Waals surface area contributed by atoms with Gasteiger partial charge in [0.15, 0.2) is 0 Å². The van der Waals surface area contributed by atoms with Gasteiger partial charge in [0.05, 0.1) is 47.4 Å². The molecule has 15 nitrogen and oxygen atoms in total. The van der Waals surface area contributed by atoms with E-state index in [0.29, 0.717) is 29.7 Å². The van der Waals surface area contributed by atoms with Gasteiger partial charge >= 0.3 is 17.9 Å². The SMILES string of the molecule is CCOC(=O)c1ccc(NC(=O)C(=Cc2cn(-c3ccccc3)nc2-c2cccc(S(=O)(=O)N3CCC(C(=O)OCC)CC3)c2)C(=O)Nc2ccc(C(=O)OCC)cc2)cc1. The third kappa shape index (κ3) is 10.6. The van der Waals surface area contributed by atoms with Crippen molar-refractivity contribution >= 4 is 57.2 Å². The summed E-state index contributed by atoms with van der Waals surface area (Å²) in [7, 11) is -4.01. The lowest BCUT2D eigenvalue weighted by Gasteiger charge is -2.30. The second kappa shape index (κ2) is 19.9. The Bertz CT molecular complexity index is 2450. The van der Waals surface area contributed by atoms with E-state index in [1.165, 1.54) is 71.0 Å². The van der Waals surface area contributed by atoms with Crippen LogP contribution in [0.5, 0.6) is 0 Å². The normalized spacial score (nSPS) is 13.1. The smallest absolute Gasteiger partial charge is 0.338 e. The lowest BCUT2D eigenvalue weighted by atomic mass is 9.98. The number of nitrogens with one attached hydrogen (secondary N) is 2. The Labute approximate surface area is 353 Å². The molecule has 2 N–H and O–H groups in total. The van der Waals surface area contributed by atoms with E-state index in [1.54, 1.807) is 43.8 Å². The van der Waals surface area contributed by atoms with Gasteiger partial charge in [-0.1, -0.05) is 30.3 Å². The predicted octanol–water partition coefficient (Wildman–Crippen LogP) is 6.52. The maximum atomic E-state index is 14.1. The van der Waals surface area contributed by atoms with Crippen LogP contribution in [0, 0.1) is 5.92 Å². The van der Waals surface area contributed by atoms with Crippen LogP contribution < -0.4 is 10.6 Å². The summed E-state index contributed by atoms with van der Waals surface area (Å²) in [6.45, 7) is 6.00. The van der Waals surface area contributed by atoms with Crippen molar-refractivity contribution in [2.75, 3.05) is 43.5 Å². The summed E-state index contributed by atoms with van der Waals surface area (Å²) in [6.07, 6.45) is 3.63. The van der Waals surface area contributed by atoms with E-state index in [4.69, 9.17) is 19.3 Å². The maximum absolute atomic E-state index is 14.1. The molecule has 61 heavy (non-hydrogen) atoms. The first-order valence-corrected chi connectivity index (χ1v) is 21.2. The Morgan fingerprint density at radius 3 is 1.77 bits per heavy atom. The molecule has 0 atom stereocenters. The highest BCUT2D eigenvalue weighted by Gasteiger charge is 2.33. The number of amides is 2. The van der Waals surface area contributed by atoms with Crippen LogP contribution >= 0.6 is 0 Å². The van der Waals surface area contributed by atoms with Crippen molar-refractivity contribution in [3.8, 4) is 16.9 Å². The molecule has 0 spiro atoms. The highest BCUT2D eigenvalue weighted by molar-refractivity contribution is 7.89. The summed E-state index contributed by atoms with van der Waals surface area (Å²) in [6, 6.07) is 27.2. The Morgan fingerprint density at radius 1 is 0.705 bits per heavy atom. The highest BCUT2D eigenvalue weighted by Crippen LogP contribution is 2.31. The van der Waals surface area contributed by atoms with Gasteiger partial charge in [-0.3, -0.25) is 14.4 Å². The molecule has 5 aromatic rings. The zero-order valence-corrected chi connectivity index (χ0v) is 34.6. The van der Waals surface area contributed by atoms with Gasteiger partial charge in [-0.25, -0.2) is 22.7 Å². The van der Waals surface area contributed by atoms with Gasteiger partial charge in [0.1, 0.15) is 11.3 Å². The average molecular weight is 848 g/mol. The minimum absolute atomic E-state index is 0.00276. The van der Waals surface area contributed by atoms with E-state index in [-0.39, 0.29) is 83.5 Å². The van der Waals surface area contributed by atoms with Crippen molar-refractivity contribution in [1.29, 1.82) is 0 Å². The van der Waals surface area contributed by atoms with E-state index >= 15 is 0 Å². The standard InChI is InChI=1S/C45H45N5O10S/c1-4-58-43(53)30-15-19-35(20-16-30)46-41(51)39(42(52)47-36-21-17-31(18-22-36)44(54)59-5-2)28-34-29-50(37-12-8-7-9-13-37)48-40(34)33-11-10-14-38(27-33)61(56,57)49-25-23-32(24-26-49)45(55)60-6-3/h7-22,27-29,32H,4-6,23-26H2,1-3H3,(H,46,51)(H,47,52). The number of rotatable bonds is 15. The van der Waals surface area contributed by atoms with E-state index in [9.17, 15) is 32.4 Å². The van der Waals surface area contributed by atoms with Crippen LogP contribution in [0.2, 0.25) is 0 Å². The van der Waals surface area contributed by atoms with Crippen molar-refractivity contribution in [3.05, 3.63) is 132 Å². The molecular weight excluding hydrogens is 803 g/mol. The second-order valence-electron chi connectivity index (χ2n) is 13.7. The molecule has 6 rings (SSSR count). The van der Waals surface area contributed by atoms with Gasteiger partial charge in [-0.15, -0.1) is 0 Å². The van der Waals surface area contributed by atoms with Gasteiger partial charge in [0.2, 0.25) is 10.0 Å². The van der Waals surface area contributed by atoms with Gasteiger partial charge in [0.25, 0.3) is 11.8 Å². The van der Waals surface area contributed by atoms with Crippen LogP contribution in [0.1, 0.15) is 59.9 Å². The highest BCUT2D eigenvalue weighted by atomic mass is 32.2. The van der Waals surface area contributed by atoms with Crippen molar-refractivity contribution in [2.45, 2.75) is 38.5 Å². The summed E-state index contributed by atoms with van der Waals surface area (Å²) in [5, 5.41) is 10.3. The summed E-state index contributed by atoms with van der Waals surface area (Å²) < 4.78 is 46.1. The summed E-state index contributed by atoms with van der Waals surface area (Å²) in [4.78, 5) is 65.1. The lowest BCUT2D eigenvalue weighted by molar-refractivity contribution is -0.149. The number of hydrogen-bond donors (Lipinski definition) is 2. The Balaban J connectivity index is 1.38. The molecule has 316 valence electrons. The number of aromatic nitrogens is 2. The molecule has 1 aliphatic heterocycles. The number of para-hydroxylation sites is 1. The van der Waals surface area contributed by atoms with Crippen LogP contribution in [0.3, 0.4) is 0 Å². The number of sulfonamides is 1. The van der Waals surface area contributed by atoms with E-state index < -0.39 is 33.8 Å². The molecule has 1 aromatic heterocycles. The minimum atomic E-state index is -4.01. The van der Waals surface area contributed by atoms with Crippen LogP contribution in [-0.2, 0) is 38.6 Å². The molecule has 0 saturated carbocycles. The number of esters is 3. The monoisotopic (exact) mass is 847 g/mol. The van der Waals surface area contributed by atoms with Gasteiger partial charge in [-0.05, 0) is 112 Å². The molecule has 1 saturated heterocycles. The van der Waals surface area contributed by atoms with Gasteiger partial charge < -0.3 is 24.8 Å². The van der Waals surface area contributed by atoms with Crippen molar-refractivity contribution < 1.29 is 46.6 Å². The van der Waals surface area contributed by atoms with Crippen LogP contribution in [0.15, 0.2) is 120 Å². The minimum Gasteiger partial charge on any atom is -0.466 e. The molecule has 0 bridgehead atoms. The number of carbonyl (C=O) groups excluding carboxylic acids is 5. The van der Waals surface area contributed by atoms with Crippen LogP contribution in [-0.4, -0.2) is 85.1 Å². The average Bonchev–Trinajstić information content (AvgIpc) is 3.70. The first kappa shape index (κ1) is 43.7. The van der Waals surface area contributed by atoms with Crippen molar-refractivity contribution in [2.24, 2.45) is 5.92 Å². The van der Waals surface area contributed by atoms with Crippen LogP contribution in [0.4, 0.5) is 11.4 Å². The quantitative estimate of drug-likeness (QED) is 0.0383. The number of nitrogens with zero attached hydrogens (tertiary/aromatic N) is 3. The molecular formula is C45H45N5O10S. The zero-order valence-electron chi connectivity index (χ0n) is 33.8. The first-order chi connectivity index (χ1) is 29.4. The predicted molar refractivity (Wildman–Crippen MR) is 227 cm³/mol. The molecule has 0 unspecified atom stereocenters. The van der Waals surface area contributed by atoms with E-state index in [0.717, 1.165) is 0 Å². The summed E-state index contributed by atoms with van der Waals surface area (Å²) in [5.41, 5.74) is 2.32. The molecule has 1 fully saturated rings. The van der Waals surface area contributed by atoms with Crippen molar-refractivity contribution in [3.63, 3.8) is 0 Å². The second-order valence-corrected chi connectivity index (χ2v) is 15.7. The number of anilines is 2. The fraction of sp³-hybridized carbons (Fsp3) is 0.244. The summed E-state index contributed by atoms with van der Waals surface area (Å²) in [5.74, 6) is -3.42. The van der Waals surface area contributed by atoms with E-state index in [2.05, 4.69) is 10.6 Å². The molecule has 4 aromatic carbocycles. The number of carbonyl (C=O) groups is 5. The topological polar surface area (TPSA) is 192 Å². The van der Waals surface area contributed by atoms with Crippen LogP contribution in [0.25, 0.3) is 23.0 Å². The third-order valence-electron chi connectivity index (χ3n) is 9.68. The number of piperidine rings is 1. The van der Waals surface area contributed by atoms with Gasteiger partial charge in [0, 0.05) is 41.8 Å². The van der Waals surface area contributed by atoms with Gasteiger partial charge in [-0.2, -0.15) is 9.40 Å².